The molecule has 0 bridgehead atoms. The maximum Gasteiger partial charge on any atom is 0.254 e. The Morgan fingerprint density at radius 2 is 1.84 bits per heavy atom. The summed E-state index contributed by atoms with van der Waals surface area (Å²) in [6, 6.07) is 6.52. The van der Waals surface area contributed by atoms with Crippen molar-refractivity contribution in [3.05, 3.63) is 66.4 Å². The molecule has 11 heteroatoms. The third kappa shape index (κ3) is 3.96. The molecule has 5 rings (SSSR count). The molecule has 1 aliphatic rings. The van der Waals surface area contributed by atoms with Gasteiger partial charge in [-0.2, -0.15) is 0 Å². The molecule has 164 valence electrons. The maximum absolute atomic E-state index is 13.0. The zero-order chi connectivity index (χ0) is 22.1. The van der Waals surface area contributed by atoms with Gasteiger partial charge >= 0.3 is 0 Å². The molecule has 32 heavy (non-hydrogen) atoms. The average Bonchev–Trinajstić information content (AvgIpc) is 3.58. The van der Waals surface area contributed by atoms with E-state index in [2.05, 4.69) is 25.2 Å². The van der Waals surface area contributed by atoms with Crippen molar-refractivity contribution in [2.45, 2.75) is 28.5 Å². The lowest BCUT2D eigenvalue weighted by atomic mass is 10.2. The second-order valence-corrected chi connectivity index (χ2v) is 10.6. The van der Waals surface area contributed by atoms with Crippen molar-refractivity contribution in [3.63, 3.8) is 0 Å². The van der Waals surface area contributed by atoms with Gasteiger partial charge in [-0.1, -0.05) is 23.5 Å². The molecule has 1 N–H and O–H groups in total. The molecule has 4 heterocycles. The number of aromatic nitrogens is 4. The van der Waals surface area contributed by atoms with Crippen molar-refractivity contribution in [2.75, 3.05) is 18.0 Å². The molecule has 0 spiro atoms. The standard InChI is InChI=1S/C21H20N6O3S2/c28-19(16-12-24-20-22-7-10-27(20)14-16)23-11-15-3-5-17(6-4-15)32(29,30)18-13-25-21(31-18)26-8-1-2-9-26/h3-7,10,12-14H,1-2,8-9,11H2,(H,23,28). The zero-order valence-corrected chi connectivity index (χ0v) is 18.6. The number of sulfone groups is 1. The Morgan fingerprint density at radius 1 is 1.06 bits per heavy atom. The van der Waals surface area contributed by atoms with Gasteiger partial charge < -0.3 is 10.2 Å². The fourth-order valence-electron chi connectivity index (χ4n) is 3.55. The number of thiazole rings is 1. The number of carbonyl (C=O) groups excluding carboxylic acids is 1. The topological polar surface area (TPSA) is 110 Å². The van der Waals surface area contributed by atoms with E-state index in [9.17, 15) is 13.2 Å². The second-order valence-electron chi connectivity index (χ2n) is 7.46. The number of fused-ring (bicyclic) bond motifs is 1. The predicted molar refractivity (Wildman–Crippen MR) is 120 cm³/mol. The molecule has 0 saturated carbocycles. The van der Waals surface area contributed by atoms with Crippen molar-refractivity contribution in [1.29, 1.82) is 0 Å². The van der Waals surface area contributed by atoms with Gasteiger partial charge in [0, 0.05) is 44.4 Å². The molecular weight excluding hydrogens is 448 g/mol. The minimum atomic E-state index is -3.63. The molecule has 9 nitrogen and oxygen atoms in total. The van der Waals surface area contributed by atoms with E-state index in [0.29, 0.717) is 11.3 Å². The SMILES string of the molecule is O=C(NCc1ccc(S(=O)(=O)c2cnc(N3CCCC3)s2)cc1)c1cnc2nccn2c1. The van der Waals surface area contributed by atoms with Crippen LogP contribution in [0.25, 0.3) is 5.78 Å². The van der Waals surface area contributed by atoms with E-state index in [1.54, 1.807) is 47.3 Å². The lowest BCUT2D eigenvalue weighted by molar-refractivity contribution is 0.0950. The number of nitrogens with one attached hydrogen (secondary N) is 1. The summed E-state index contributed by atoms with van der Waals surface area (Å²) in [6.07, 6.45) is 10.1. The van der Waals surface area contributed by atoms with Gasteiger partial charge in [0.15, 0.2) is 5.13 Å². The molecular formula is C21H20N6O3S2. The first-order chi connectivity index (χ1) is 15.5. The summed E-state index contributed by atoms with van der Waals surface area (Å²) in [6.45, 7) is 2.10. The van der Waals surface area contributed by atoms with Crippen molar-refractivity contribution in [3.8, 4) is 0 Å². The third-order valence-electron chi connectivity index (χ3n) is 5.31. The summed E-state index contributed by atoms with van der Waals surface area (Å²) in [5.74, 6) is 0.246. The Kier molecular flexibility index (Phi) is 5.35. The molecule has 1 aromatic carbocycles. The second kappa shape index (κ2) is 8.32. The summed E-state index contributed by atoms with van der Waals surface area (Å²) in [5.41, 5.74) is 1.20. The fourth-order valence-corrected chi connectivity index (χ4v) is 6.12. The van der Waals surface area contributed by atoms with Crippen LogP contribution in [-0.4, -0.2) is 46.8 Å². The first-order valence-electron chi connectivity index (χ1n) is 10.1. The highest BCUT2D eigenvalue weighted by Gasteiger charge is 2.23. The largest absolute Gasteiger partial charge is 0.348 e. The molecule has 0 atom stereocenters. The van der Waals surface area contributed by atoms with Crippen molar-refractivity contribution >= 4 is 38.0 Å². The van der Waals surface area contributed by atoms with Gasteiger partial charge in [0.05, 0.1) is 16.7 Å². The van der Waals surface area contributed by atoms with Gasteiger partial charge in [0.1, 0.15) is 4.21 Å². The van der Waals surface area contributed by atoms with Gasteiger partial charge in [0.2, 0.25) is 15.6 Å². The summed E-state index contributed by atoms with van der Waals surface area (Å²) >= 11 is 1.21. The van der Waals surface area contributed by atoms with Gasteiger partial charge in [-0.3, -0.25) is 9.20 Å². The van der Waals surface area contributed by atoms with E-state index in [0.717, 1.165) is 36.6 Å². The fraction of sp³-hybridized carbons (Fsp3) is 0.238. The molecule has 1 saturated heterocycles. The van der Waals surface area contributed by atoms with Crippen LogP contribution in [0.15, 0.2) is 64.4 Å². The molecule has 0 aliphatic carbocycles. The highest BCUT2D eigenvalue weighted by atomic mass is 32.2. The first-order valence-corrected chi connectivity index (χ1v) is 12.4. The maximum atomic E-state index is 13.0. The quantitative estimate of drug-likeness (QED) is 0.463. The highest BCUT2D eigenvalue weighted by Crippen LogP contribution is 2.32. The minimum absolute atomic E-state index is 0.207. The summed E-state index contributed by atoms with van der Waals surface area (Å²) < 4.78 is 27.9. The molecule has 0 radical (unpaired) electrons. The number of carbonyl (C=O) groups is 1. The molecule has 3 aromatic heterocycles. The van der Waals surface area contributed by atoms with Crippen LogP contribution in [-0.2, 0) is 16.4 Å². The van der Waals surface area contributed by atoms with Crippen LogP contribution < -0.4 is 10.2 Å². The van der Waals surface area contributed by atoms with Crippen LogP contribution in [0.2, 0.25) is 0 Å². The van der Waals surface area contributed by atoms with Crippen molar-refractivity contribution in [1.82, 2.24) is 24.7 Å². The van der Waals surface area contributed by atoms with E-state index >= 15 is 0 Å². The van der Waals surface area contributed by atoms with E-state index in [-0.39, 0.29) is 21.6 Å². The lowest BCUT2D eigenvalue weighted by Gasteiger charge is -2.12. The number of rotatable bonds is 6. The molecule has 1 aliphatic heterocycles. The monoisotopic (exact) mass is 468 g/mol. The number of benzene rings is 1. The van der Waals surface area contributed by atoms with E-state index in [4.69, 9.17) is 0 Å². The molecule has 0 unspecified atom stereocenters. The van der Waals surface area contributed by atoms with Crippen LogP contribution in [0.4, 0.5) is 5.13 Å². The predicted octanol–water partition coefficient (Wildman–Crippen LogP) is 2.55. The van der Waals surface area contributed by atoms with Crippen LogP contribution in [0.1, 0.15) is 28.8 Å². The third-order valence-corrected chi connectivity index (χ3v) is 8.60. The van der Waals surface area contributed by atoms with Crippen LogP contribution >= 0.6 is 11.3 Å². The number of hydrogen-bond acceptors (Lipinski definition) is 8. The van der Waals surface area contributed by atoms with Crippen LogP contribution in [0.3, 0.4) is 0 Å². The normalized spacial score (nSPS) is 14.2. The molecule has 1 amide bonds. The average molecular weight is 469 g/mol. The van der Waals surface area contributed by atoms with Gasteiger partial charge in [-0.25, -0.2) is 23.4 Å². The van der Waals surface area contributed by atoms with Gasteiger partial charge in [-0.15, -0.1) is 0 Å². The molecule has 4 aromatic rings. The van der Waals surface area contributed by atoms with Gasteiger partial charge in [0.25, 0.3) is 5.91 Å². The van der Waals surface area contributed by atoms with E-state index in [1.165, 1.54) is 23.7 Å². The van der Waals surface area contributed by atoms with Crippen molar-refractivity contribution in [2.24, 2.45) is 0 Å². The first kappa shape index (κ1) is 20.6. The Labute approximate surface area is 188 Å². The zero-order valence-electron chi connectivity index (χ0n) is 17.0. The minimum Gasteiger partial charge on any atom is -0.348 e. The Bertz CT molecular complexity index is 1370. The van der Waals surface area contributed by atoms with Crippen LogP contribution in [0.5, 0.6) is 0 Å². The number of nitrogens with zero attached hydrogens (tertiary/aromatic N) is 5. The van der Waals surface area contributed by atoms with E-state index in [1.807, 2.05) is 0 Å². The number of imidazole rings is 1. The number of hydrogen-bond donors (Lipinski definition) is 1. The summed E-state index contributed by atoms with van der Waals surface area (Å²) in [4.78, 5) is 27.2. The van der Waals surface area contributed by atoms with Gasteiger partial charge in [-0.05, 0) is 30.5 Å². The summed E-state index contributed by atoms with van der Waals surface area (Å²) in [7, 11) is -3.63. The highest BCUT2D eigenvalue weighted by molar-refractivity contribution is 7.93. The van der Waals surface area contributed by atoms with E-state index < -0.39 is 9.84 Å². The Balaban J connectivity index is 1.25. The number of amides is 1. The Hall–Kier alpha value is -3.31. The number of anilines is 1. The summed E-state index contributed by atoms with van der Waals surface area (Å²) in [5, 5.41) is 3.57. The lowest BCUT2D eigenvalue weighted by Crippen LogP contribution is -2.23. The van der Waals surface area contributed by atoms with Crippen LogP contribution in [0, 0.1) is 0 Å². The van der Waals surface area contributed by atoms with Crippen molar-refractivity contribution < 1.29 is 13.2 Å². The smallest absolute Gasteiger partial charge is 0.254 e. The molecule has 1 fully saturated rings. The Morgan fingerprint density at radius 3 is 2.62 bits per heavy atom.